The molecule has 1 N–H and O–H groups in total. The fraction of sp³-hybridized carbons (Fsp3) is 0.333. The van der Waals surface area contributed by atoms with Crippen molar-refractivity contribution in [3.8, 4) is 0 Å². The van der Waals surface area contributed by atoms with Crippen molar-refractivity contribution in [2.45, 2.75) is 20.3 Å². The van der Waals surface area contributed by atoms with Crippen molar-refractivity contribution in [3.05, 3.63) is 40.2 Å². The molecule has 1 aliphatic carbocycles. The quantitative estimate of drug-likeness (QED) is 0.841. The van der Waals surface area contributed by atoms with Crippen LogP contribution in [-0.4, -0.2) is 5.91 Å². The van der Waals surface area contributed by atoms with Crippen LogP contribution in [-0.2, 0) is 4.79 Å². The van der Waals surface area contributed by atoms with Gasteiger partial charge in [0.15, 0.2) is 0 Å². The number of hydrogen-bond donors (Lipinski definition) is 1. The Kier molecular flexibility index (Phi) is 2.66. The van der Waals surface area contributed by atoms with Gasteiger partial charge in [-0.3, -0.25) is 4.79 Å². The highest BCUT2D eigenvalue weighted by atomic mass is 16.4. The predicted molar refractivity (Wildman–Crippen MR) is 73.1 cm³/mol. The first-order valence-electron chi connectivity index (χ1n) is 6.40. The van der Waals surface area contributed by atoms with E-state index in [1.165, 1.54) is 6.07 Å². The van der Waals surface area contributed by atoms with Crippen molar-refractivity contribution in [2.75, 3.05) is 5.32 Å². The Morgan fingerprint density at radius 1 is 1.37 bits per heavy atom. The molecule has 4 nitrogen and oxygen atoms in total. The smallest absolute Gasteiger partial charge is 0.336 e. The standard InChI is InChI=1S/C15H15NO3/c1-8-5-12(8)15(18)16-10-3-4-11-9(2)6-14(17)19-13(11)7-10/h3-4,6-8,12H,5H2,1-2H3,(H,16,18). The Hall–Kier alpha value is -2.10. The van der Waals surface area contributed by atoms with Gasteiger partial charge in [-0.2, -0.15) is 0 Å². The summed E-state index contributed by atoms with van der Waals surface area (Å²) in [6.45, 7) is 3.93. The van der Waals surface area contributed by atoms with Crippen LogP contribution in [0.1, 0.15) is 18.9 Å². The Morgan fingerprint density at radius 3 is 2.79 bits per heavy atom. The fourth-order valence-electron chi connectivity index (χ4n) is 2.33. The van der Waals surface area contributed by atoms with Gasteiger partial charge in [0.1, 0.15) is 5.58 Å². The molecule has 1 aromatic heterocycles. The second-order valence-corrected chi connectivity index (χ2v) is 5.27. The molecule has 3 rings (SSSR count). The zero-order valence-electron chi connectivity index (χ0n) is 10.9. The third kappa shape index (κ3) is 2.26. The van der Waals surface area contributed by atoms with Crippen molar-refractivity contribution >= 4 is 22.6 Å². The lowest BCUT2D eigenvalue weighted by atomic mass is 10.1. The molecule has 1 aliphatic rings. The van der Waals surface area contributed by atoms with Crippen molar-refractivity contribution in [3.63, 3.8) is 0 Å². The average Bonchev–Trinajstić information content (AvgIpc) is 3.05. The van der Waals surface area contributed by atoms with Crippen molar-refractivity contribution in [1.82, 2.24) is 0 Å². The largest absolute Gasteiger partial charge is 0.423 e. The zero-order valence-corrected chi connectivity index (χ0v) is 10.9. The van der Waals surface area contributed by atoms with E-state index in [4.69, 9.17) is 4.42 Å². The summed E-state index contributed by atoms with van der Waals surface area (Å²) in [5.41, 5.74) is 1.68. The number of anilines is 1. The molecular weight excluding hydrogens is 242 g/mol. The van der Waals surface area contributed by atoms with Gasteiger partial charge >= 0.3 is 5.63 Å². The number of carbonyl (C=O) groups excluding carboxylic acids is 1. The summed E-state index contributed by atoms with van der Waals surface area (Å²) >= 11 is 0. The van der Waals surface area contributed by atoms with E-state index in [1.54, 1.807) is 6.07 Å². The minimum atomic E-state index is -0.371. The van der Waals surface area contributed by atoms with Gasteiger partial charge in [-0.1, -0.05) is 6.92 Å². The molecular formula is C15H15NO3. The first-order chi connectivity index (χ1) is 9.04. The molecule has 0 bridgehead atoms. The van der Waals surface area contributed by atoms with E-state index < -0.39 is 0 Å². The second kappa shape index (κ2) is 4.23. The Balaban J connectivity index is 1.93. The molecule has 98 valence electrons. The Bertz CT molecular complexity index is 717. The van der Waals surface area contributed by atoms with Crippen molar-refractivity contribution in [1.29, 1.82) is 0 Å². The highest BCUT2D eigenvalue weighted by Gasteiger charge is 2.39. The van der Waals surface area contributed by atoms with Crippen LogP contribution in [0.2, 0.25) is 0 Å². The summed E-state index contributed by atoms with van der Waals surface area (Å²) in [7, 11) is 0. The van der Waals surface area contributed by atoms with Crippen LogP contribution in [0.5, 0.6) is 0 Å². The molecule has 1 heterocycles. The molecule has 19 heavy (non-hydrogen) atoms. The fourth-order valence-corrected chi connectivity index (χ4v) is 2.33. The second-order valence-electron chi connectivity index (χ2n) is 5.27. The van der Waals surface area contributed by atoms with E-state index in [0.29, 0.717) is 17.2 Å². The van der Waals surface area contributed by atoms with Gasteiger partial charge in [0.25, 0.3) is 0 Å². The maximum Gasteiger partial charge on any atom is 0.336 e. The van der Waals surface area contributed by atoms with Crippen LogP contribution in [0.3, 0.4) is 0 Å². The first kappa shape index (κ1) is 12.0. The van der Waals surface area contributed by atoms with E-state index in [2.05, 4.69) is 12.2 Å². The topological polar surface area (TPSA) is 59.3 Å². The molecule has 0 radical (unpaired) electrons. The average molecular weight is 257 g/mol. The highest BCUT2D eigenvalue weighted by molar-refractivity contribution is 5.96. The lowest BCUT2D eigenvalue weighted by molar-refractivity contribution is -0.117. The van der Waals surface area contributed by atoms with Gasteiger partial charge in [0.05, 0.1) is 0 Å². The van der Waals surface area contributed by atoms with Crippen LogP contribution in [0, 0.1) is 18.8 Å². The highest BCUT2D eigenvalue weighted by Crippen LogP contribution is 2.38. The van der Waals surface area contributed by atoms with Crippen LogP contribution in [0.4, 0.5) is 5.69 Å². The predicted octanol–water partition coefficient (Wildman–Crippen LogP) is 2.70. The summed E-state index contributed by atoms with van der Waals surface area (Å²) in [5.74, 6) is 0.641. The number of nitrogens with one attached hydrogen (secondary N) is 1. The van der Waals surface area contributed by atoms with Crippen LogP contribution < -0.4 is 10.9 Å². The summed E-state index contributed by atoms with van der Waals surface area (Å²) in [4.78, 5) is 23.2. The number of amides is 1. The minimum Gasteiger partial charge on any atom is -0.423 e. The lowest BCUT2D eigenvalue weighted by Crippen LogP contribution is -2.14. The van der Waals surface area contributed by atoms with E-state index in [9.17, 15) is 9.59 Å². The minimum absolute atomic E-state index is 0.0434. The SMILES string of the molecule is Cc1cc(=O)oc2cc(NC(=O)C3CC3C)ccc12. The van der Waals surface area contributed by atoms with E-state index in [1.807, 2.05) is 19.1 Å². The van der Waals surface area contributed by atoms with E-state index in [0.717, 1.165) is 17.4 Å². The number of aryl methyl sites for hydroxylation is 1. The molecule has 1 fully saturated rings. The summed E-state index contributed by atoms with van der Waals surface area (Å²) in [6, 6.07) is 6.86. The third-order valence-electron chi connectivity index (χ3n) is 3.67. The molecule has 2 aromatic rings. The summed E-state index contributed by atoms with van der Waals surface area (Å²) < 4.78 is 5.16. The molecule has 0 aliphatic heterocycles. The van der Waals surface area contributed by atoms with Gasteiger partial charge in [0.2, 0.25) is 5.91 Å². The Labute approximate surface area is 110 Å². The molecule has 1 amide bonds. The van der Waals surface area contributed by atoms with E-state index in [-0.39, 0.29) is 17.5 Å². The number of rotatable bonds is 2. The molecule has 2 atom stereocenters. The molecule has 1 aromatic carbocycles. The maximum absolute atomic E-state index is 11.9. The number of fused-ring (bicyclic) bond motifs is 1. The third-order valence-corrected chi connectivity index (χ3v) is 3.67. The van der Waals surface area contributed by atoms with Crippen LogP contribution >= 0.6 is 0 Å². The van der Waals surface area contributed by atoms with Gasteiger partial charge < -0.3 is 9.73 Å². The van der Waals surface area contributed by atoms with Gasteiger partial charge in [-0.25, -0.2) is 4.79 Å². The van der Waals surface area contributed by atoms with Crippen LogP contribution in [0.15, 0.2) is 33.5 Å². The number of carbonyl (C=O) groups is 1. The van der Waals surface area contributed by atoms with E-state index >= 15 is 0 Å². The van der Waals surface area contributed by atoms with Gasteiger partial charge in [0, 0.05) is 29.1 Å². The first-order valence-corrected chi connectivity index (χ1v) is 6.40. The van der Waals surface area contributed by atoms with Crippen molar-refractivity contribution < 1.29 is 9.21 Å². The molecule has 0 spiro atoms. The number of benzene rings is 1. The monoisotopic (exact) mass is 257 g/mol. The zero-order chi connectivity index (χ0) is 13.6. The summed E-state index contributed by atoms with van der Waals surface area (Å²) in [6.07, 6.45) is 0.952. The van der Waals surface area contributed by atoms with Gasteiger partial charge in [-0.15, -0.1) is 0 Å². The normalized spacial score (nSPS) is 21.4. The lowest BCUT2D eigenvalue weighted by Gasteiger charge is -2.06. The summed E-state index contributed by atoms with van der Waals surface area (Å²) in [5, 5.41) is 3.75. The van der Waals surface area contributed by atoms with Crippen molar-refractivity contribution in [2.24, 2.45) is 11.8 Å². The van der Waals surface area contributed by atoms with Crippen LogP contribution in [0.25, 0.3) is 11.0 Å². The molecule has 4 heteroatoms. The molecule has 2 unspecified atom stereocenters. The van der Waals surface area contributed by atoms with Gasteiger partial charge in [-0.05, 0) is 37.0 Å². The molecule has 0 saturated heterocycles. The Morgan fingerprint density at radius 2 is 2.11 bits per heavy atom. The number of hydrogen-bond acceptors (Lipinski definition) is 3. The maximum atomic E-state index is 11.9. The molecule has 1 saturated carbocycles.